The number of rotatable bonds is 5. The molecule has 1 aromatic rings. The van der Waals surface area contributed by atoms with Crippen LogP contribution in [0.4, 0.5) is 11.4 Å². The summed E-state index contributed by atoms with van der Waals surface area (Å²) in [6.07, 6.45) is 3.43. The second kappa shape index (κ2) is 7.35. The molecule has 1 aliphatic carbocycles. The first-order chi connectivity index (χ1) is 11.9. The molecule has 1 aromatic carbocycles. The van der Waals surface area contributed by atoms with Crippen LogP contribution in [0.3, 0.4) is 0 Å². The highest BCUT2D eigenvalue weighted by molar-refractivity contribution is 5.93. The molecule has 2 atom stereocenters. The summed E-state index contributed by atoms with van der Waals surface area (Å²) in [5.41, 5.74) is 1.39. The lowest BCUT2D eigenvalue weighted by Gasteiger charge is -2.39. The Balaban J connectivity index is 1.59. The SMILES string of the molecule is CC(=O)Nc1ccc(NC(=O)CN2C(C)CC(=O)CC2C2CC2)cc1. The van der Waals surface area contributed by atoms with Crippen molar-refractivity contribution in [2.45, 2.75) is 51.6 Å². The van der Waals surface area contributed by atoms with Crippen LogP contribution in [-0.4, -0.2) is 41.1 Å². The number of hydrogen-bond donors (Lipinski definition) is 2. The van der Waals surface area contributed by atoms with Gasteiger partial charge in [0.2, 0.25) is 11.8 Å². The second-order valence-corrected chi connectivity index (χ2v) is 7.18. The van der Waals surface area contributed by atoms with Gasteiger partial charge < -0.3 is 10.6 Å². The molecule has 1 saturated carbocycles. The quantitative estimate of drug-likeness (QED) is 0.861. The number of benzene rings is 1. The van der Waals surface area contributed by atoms with Crippen molar-refractivity contribution in [2.24, 2.45) is 5.92 Å². The Morgan fingerprint density at radius 2 is 1.68 bits per heavy atom. The normalized spacial score (nSPS) is 24.0. The summed E-state index contributed by atoms with van der Waals surface area (Å²) in [6, 6.07) is 7.37. The number of piperidine rings is 1. The predicted octanol–water partition coefficient (Wildman–Crippen LogP) is 2.42. The van der Waals surface area contributed by atoms with Crippen molar-refractivity contribution in [1.29, 1.82) is 0 Å². The number of likely N-dealkylation sites (tertiary alicyclic amines) is 1. The van der Waals surface area contributed by atoms with E-state index in [1.165, 1.54) is 6.92 Å². The smallest absolute Gasteiger partial charge is 0.238 e. The van der Waals surface area contributed by atoms with E-state index in [1.54, 1.807) is 24.3 Å². The molecule has 2 N–H and O–H groups in total. The van der Waals surface area contributed by atoms with E-state index in [0.717, 1.165) is 12.8 Å². The third-order valence-electron chi connectivity index (χ3n) is 4.93. The summed E-state index contributed by atoms with van der Waals surface area (Å²) < 4.78 is 0. The van der Waals surface area contributed by atoms with E-state index >= 15 is 0 Å². The number of nitrogens with one attached hydrogen (secondary N) is 2. The van der Waals surface area contributed by atoms with E-state index < -0.39 is 0 Å². The van der Waals surface area contributed by atoms with Crippen LogP contribution in [0.5, 0.6) is 0 Å². The summed E-state index contributed by atoms with van der Waals surface area (Å²) in [5, 5.41) is 5.60. The number of amides is 2. The first-order valence-corrected chi connectivity index (χ1v) is 8.87. The molecular weight excluding hydrogens is 318 g/mol. The van der Waals surface area contributed by atoms with Crippen LogP contribution in [0.1, 0.15) is 39.5 Å². The van der Waals surface area contributed by atoms with Crippen LogP contribution < -0.4 is 10.6 Å². The minimum Gasteiger partial charge on any atom is -0.326 e. The molecular formula is C19H25N3O3. The van der Waals surface area contributed by atoms with Gasteiger partial charge in [-0.15, -0.1) is 0 Å². The van der Waals surface area contributed by atoms with Gasteiger partial charge in [0, 0.05) is 43.2 Å². The number of carbonyl (C=O) groups excluding carboxylic acids is 3. The summed E-state index contributed by atoms with van der Waals surface area (Å²) in [7, 11) is 0. The Morgan fingerprint density at radius 3 is 2.24 bits per heavy atom. The van der Waals surface area contributed by atoms with Crippen molar-refractivity contribution >= 4 is 29.0 Å². The van der Waals surface area contributed by atoms with Gasteiger partial charge in [-0.25, -0.2) is 0 Å². The average molecular weight is 343 g/mol. The van der Waals surface area contributed by atoms with Crippen molar-refractivity contribution in [3.8, 4) is 0 Å². The lowest BCUT2D eigenvalue weighted by molar-refractivity contribution is -0.129. The molecule has 1 heterocycles. The van der Waals surface area contributed by atoms with E-state index in [4.69, 9.17) is 0 Å². The van der Waals surface area contributed by atoms with Crippen LogP contribution in [0.2, 0.25) is 0 Å². The molecule has 6 heteroatoms. The van der Waals surface area contributed by atoms with E-state index in [1.807, 2.05) is 6.92 Å². The van der Waals surface area contributed by atoms with Crippen molar-refractivity contribution in [3.63, 3.8) is 0 Å². The van der Waals surface area contributed by atoms with Gasteiger partial charge in [-0.05, 0) is 49.9 Å². The van der Waals surface area contributed by atoms with Crippen molar-refractivity contribution < 1.29 is 14.4 Å². The van der Waals surface area contributed by atoms with Gasteiger partial charge in [-0.2, -0.15) is 0 Å². The summed E-state index contributed by atoms with van der Waals surface area (Å²) in [5.74, 6) is 0.682. The van der Waals surface area contributed by atoms with Crippen molar-refractivity contribution in [1.82, 2.24) is 4.90 Å². The standard InChI is InChI=1S/C19H25N3O3/c1-12-9-17(24)10-18(14-3-4-14)22(12)11-19(25)21-16-7-5-15(6-8-16)20-13(2)23/h5-8,12,14,18H,3-4,9-11H2,1-2H3,(H,20,23)(H,21,25). The number of anilines is 2. The van der Waals surface area contributed by atoms with Gasteiger partial charge in [0.05, 0.1) is 6.54 Å². The molecule has 2 amide bonds. The molecule has 3 rings (SSSR count). The molecule has 2 unspecified atom stereocenters. The molecule has 6 nitrogen and oxygen atoms in total. The van der Waals surface area contributed by atoms with Crippen LogP contribution in [-0.2, 0) is 14.4 Å². The highest BCUT2D eigenvalue weighted by Gasteiger charge is 2.42. The number of carbonyl (C=O) groups is 3. The second-order valence-electron chi connectivity index (χ2n) is 7.18. The molecule has 0 radical (unpaired) electrons. The first kappa shape index (κ1) is 17.6. The van der Waals surface area contributed by atoms with Gasteiger partial charge in [0.25, 0.3) is 0 Å². The van der Waals surface area contributed by atoms with Gasteiger partial charge in [0.15, 0.2) is 0 Å². The fourth-order valence-corrected chi connectivity index (χ4v) is 3.61. The molecule has 2 fully saturated rings. The zero-order chi connectivity index (χ0) is 18.0. The molecule has 1 aliphatic heterocycles. The Morgan fingerprint density at radius 1 is 1.08 bits per heavy atom. The minimum absolute atomic E-state index is 0.0703. The van der Waals surface area contributed by atoms with E-state index in [-0.39, 0.29) is 23.9 Å². The third kappa shape index (κ3) is 4.66. The van der Waals surface area contributed by atoms with Crippen molar-refractivity contribution in [2.75, 3.05) is 17.2 Å². The maximum atomic E-state index is 12.5. The molecule has 134 valence electrons. The molecule has 0 bridgehead atoms. The topological polar surface area (TPSA) is 78.5 Å². The zero-order valence-corrected chi connectivity index (χ0v) is 14.7. The van der Waals surface area contributed by atoms with Gasteiger partial charge in [-0.3, -0.25) is 19.3 Å². The highest BCUT2D eigenvalue weighted by Crippen LogP contribution is 2.40. The Kier molecular flexibility index (Phi) is 5.18. The number of hydrogen-bond acceptors (Lipinski definition) is 4. The average Bonchev–Trinajstić information content (AvgIpc) is 3.36. The van der Waals surface area contributed by atoms with Gasteiger partial charge >= 0.3 is 0 Å². The highest BCUT2D eigenvalue weighted by atomic mass is 16.2. The maximum absolute atomic E-state index is 12.5. The lowest BCUT2D eigenvalue weighted by atomic mass is 9.92. The van der Waals surface area contributed by atoms with Crippen molar-refractivity contribution in [3.05, 3.63) is 24.3 Å². The lowest BCUT2D eigenvalue weighted by Crippen LogP contribution is -2.52. The van der Waals surface area contributed by atoms with E-state index in [0.29, 0.717) is 42.5 Å². The molecule has 0 aromatic heterocycles. The summed E-state index contributed by atoms with van der Waals surface area (Å²) in [6.45, 7) is 3.79. The fourth-order valence-electron chi connectivity index (χ4n) is 3.61. The van der Waals surface area contributed by atoms with Gasteiger partial charge in [0.1, 0.15) is 5.78 Å². The van der Waals surface area contributed by atoms with Crippen LogP contribution in [0, 0.1) is 5.92 Å². The summed E-state index contributed by atoms with van der Waals surface area (Å²) >= 11 is 0. The minimum atomic E-state index is -0.128. The van der Waals surface area contributed by atoms with Crippen LogP contribution in [0.15, 0.2) is 24.3 Å². The van der Waals surface area contributed by atoms with Crippen LogP contribution >= 0.6 is 0 Å². The molecule has 25 heavy (non-hydrogen) atoms. The molecule has 0 spiro atoms. The third-order valence-corrected chi connectivity index (χ3v) is 4.93. The Hall–Kier alpha value is -2.21. The monoisotopic (exact) mass is 343 g/mol. The number of ketones is 1. The fraction of sp³-hybridized carbons (Fsp3) is 0.526. The molecule has 1 saturated heterocycles. The van der Waals surface area contributed by atoms with E-state index in [9.17, 15) is 14.4 Å². The van der Waals surface area contributed by atoms with Gasteiger partial charge in [-0.1, -0.05) is 0 Å². The van der Waals surface area contributed by atoms with Crippen LogP contribution in [0.25, 0.3) is 0 Å². The maximum Gasteiger partial charge on any atom is 0.238 e. The van der Waals surface area contributed by atoms with E-state index in [2.05, 4.69) is 15.5 Å². The Labute approximate surface area is 148 Å². The first-order valence-electron chi connectivity index (χ1n) is 8.87. The largest absolute Gasteiger partial charge is 0.326 e. The number of nitrogens with zero attached hydrogens (tertiary/aromatic N) is 1. The predicted molar refractivity (Wildman–Crippen MR) is 96.3 cm³/mol. The molecule has 2 aliphatic rings. The Bertz CT molecular complexity index is 667. The zero-order valence-electron chi connectivity index (χ0n) is 14.7. The number of Topliss-reactive ketones (excluding diaryl/α,β-unsaturated/α-hetero) is 1. The summed E-state index contributed by atoms with van der Waals surface area (Å²) in [4.78, 5) is 37.6.